The van der Waals surface area contributed by atoms with Crippen LogP contribution in [0.1, 0.15) is 5.56 Å². The van der Waals surface area contributed by atoms with Gasteiger partial charge in [-0.05, 0) is 30.7 Å². The van der Waals surface area contributed by atoms with Gasteiger partial charge in [0, 0.05) is 5.69 Å². The van der Waals surface area contributed by atoms with Gasteiger partial charge in [-0.3, -0.25) is 0 Å². The normalized spacial score (nSPS) is 9.57. The Hall–Kier alpha value is -1.71. The fourth-order valence-corrected chi connectivity index (χ4v) is 0.939. The minimum Gasteiger partial charge on any atom is -0.482 e. The molecule has 0 radical (unpaired) electrons. The lowest BCUT2D eigenvalue weighted by atomic mass is 10.2. The quantitative estimate of drug-likeness (QED) is 0.580. The molecule has 0 saturated carbocycles. The van der Waals surface area contributed by atoms with Crippen molar-refractivity contribution in [3.8, 4) is 5.75 Å². The lowest BCUT2D eigenvalue weighted by molar-refractivity contribution is -0.142. The van der Waals surface area contributed by atoms with Crippen LogP contribution in [0.4, 0.5) is 5.69 Å². The molecule has 0 fully saturated rings. The monoisotopic (exact) mass is 195 g/mol. The summed E-state index contributed by atoms with van der Waals surface area (Å²) in [6.45, 7) is 1.79. The van der Waals surface area contributed by atoms with Crippen molar-refractivity contribution in [3.63, 3.8) is 0 Å². The summed E-state index contributed by atoms with van der Waals surface area (Å²) < 4.78 is 9.60. The number of esters is 1. The summed E-state index contributed by atoms with van der Waals surface area (Å²) in [4.78, 5) is 10.8. The van der Waals surface area contributed by atoms with E-state index in [9.17, 15) is 4.79 Å². The molecule has 0 atom stereocenters. The zero-order valence-corrected chi connectivity index (χ0v) is 8.24. The van der Waals surface area contributed by atoms with Crippen LogP contribution in [0.2, 0.25) is 0 Å². The van der Waals surface area contributed by atoms with E-state index in [2.05, 4.69) is 4.74 Å². The number of carbonyl (C=O) groups excluding carboxylic acids is 1. The Bertz CT molecular complexity index is 336. The van der Waals surface area contributed by atoms with E-state index in [0.29, 0.717) is 11.4 Å². The molecule has 14 heavy (non-hydrogen) atoms. The van der Waals surface area contributed by atoms with Gasteiger partial charge in [0.25, 0.3) is 0 Å². The predicted octanol–water partition coefficient (Wildman–Crippen LogP) is 1.13. The van der Waals surface area contributed by atoms with Gasteiger partial charge in [0.1, 0.15) is 5.75 Å². The third kappa shape index (κ3) is 2.65. The van der Waals surface area contributed by atoms with Crippen LogP contribution < -0.4 is 10.5 Å². The summed E-state index contributed by atoms with van der Waals surface area (Å²) in [6, 6.07) is 5.23. The summed E-state index contributed by atoms with van der Waals surface area (Å²) in [7, 11) is 1.32. The van der Waals surface area contributed by atoms with Crippen molar-refractivity contribution in [2.75, 3.05) is 19.5 Å². The molecule has 0 heterocycles. The third-order valence-corrected chi connectivity index (χ3v) is 1.83. The highest BCUT2D eigenvalue weighted by molar-refractivity contribution is 5.70. The molecule has 4 heteroatoms. The van der Waals surface area contributed by atoms with E-state index in [-0.39, 0.29) is 6.61 Å². The minimum absolute atomic E-state index is 0.0835. The zero-order valence-electron chi connectivity index (χ0n) is 8.24. The molecule has 0 amide bonds. The summed E-state index contributed by atoms with van der Waals surface area (Å²) in [6.07, 6.45) is 0. The third-order valence-electron chi connectivity index (χ3n) is 1.83. The lowest BCUT2D eigenvalue weighted by Gasteiger charge is -2.06. The van der Waals surface area contributed by atoms with Crippen LogP contribution in [0.5, 0.6) is 5.75 Å². The average molecular weight is 195 g/mol. The number of aryl methyl sites for hydroxylation is 1. The Balaban J connectivity index is 2.60. The van der Waals surface area contributed by atoms with Crippen LogP contribution in [-0.4, -0.2) is 19.7 Å². The zero-order chi connectivity index (χ0) is 10.6. The van der Waals surface area contributed by atoms with Crippen molar-refractivity contribution in [3.05, 3.63) is 23.8 Å². The van der Waals surface area contributed by atoms with Crippen LogP contribution in [-0.2, 0) is 9.53 Å². The molecular weight excluding hydrogens is 182 g/mol. The number of anilines is 1. The van der Waals surface area contributed by atoms with Crippen LogP contribution in [0.15, 0.2) is 18.2 Å². The molecule has 4 nitrogen and oxygen atoms in total. The Morgan fingerprint density at radius 1 is 1.50 bits per heavy atom. The molecule has 0 aliphatic heterocycles. The van der Waals surface area contributed by atoms with Gasteiger partial charge in [0.15, 0.2) is 6.61 Å². The first-order chi connectivity index (χ1) is 6.63. The number of hydrogen-bond acceptors (Lipinski definition) is 4. The molecule has 1 aromatic rings. The maximum Gasteiger partial charge on any atom is 0.343 e. The number of methoxy groups -OCH3 is 1. The number of benzene rings is 1. The van der Waals surface area contributed by atoms with Gasteiger partial charge >= 0.3 is 5.97 Å². The van der Waals surface area contributed by atoms with Crippen molar-refractivity contribution in [2.45, 2.75) is 6.92 Å². The summed E-state index contributed by atoms with van der Waals surface area (Å²) in [5, 5.41) is 0. The fraction of sp³-hybridized carbons (Fsp3) is 0.300. The SMILES string of the molecule is COC(=O)COc1ccc(N)c(C)c1. The first kappa shape index (κ1) is 10.4. The summed E-state index contributed by atoms with van der Waals surface area (Å²) in [5.74, 6) is 0.210. The number of nitrogens with two attached hydrogens (primary N) is 1. The first-order valence-corrected chi connectivity index (χ1v) is 4.19. The Morgan fingerprint density at radius 3 is 2.79 bits per heavy atom. The average Bonchev–Trinajstić information content (AvgIpc) is 2.19. The number of nitrogen functional groups attached to an aromatic ring is 1. The highest BCUT2D eigenvalue weighted by Crippen LogP contribution is 2.18. The van der Waals surface area contributed by atoms with E-state index in [1.54, 1.807) is 18.2 Å². The smallest absolute Gasteiger partial charge is 0.343 e. The topological polar surface area (TPSA) is 61.5 Å². The van der Waals surface area contributed by atoms with Gasteiger partial charge in [-0.1, -0.05) is 0 Å². The second kappa shape index (κ2) is 4.50. The molecule has 1 aromatic carbocycles. The van der Waals surface area contributed by atoms with Gasteiger partial charge in [0.2, 0.25) is 0 Å². The Kier molecular flexibility index (Phi) is 3.34. The number of ether oxygens (including phenoxy) is 2. The van der Waals surface area contributed by atoms with Crippen molar-refractivity contribution >= 4 is 11.7 Å². The van der Waals surface area contributed by atoms with Crippen LogP contribution in [0.3, 0.4) is 0 Å². The van der Waals surface area contributed by atoms with E-state index in [0.717, 1.165) is 5.56 Å². The molecule has 0 spiro atoms. The highest BCUT2D eigenvalue weighted by atomic mass is 16.6. The number of hydrogen-bond donors (Lipinski definition) is 1. The van der Waals surface area contributed by atoms with Crippen molar-refractivity contribution < 1.29 is 14.3 Å². The van der Waals surface area contributed by atoms with Gasteiger partial charge in [0.05, 0.1) is 7.11 Å². The fourth-order valence-electron chi connectivity index (χ4n) is 0.939. The Morgan fingerprint density at radius 2 is 2.21 bits per heavy atom. The maximum atomic E-state index is 10.8. The molecule has 0 bridgehead atoms. The van der Waals surface area contributed by atoms with Crippen molar-refractivity contribution in [2.24, 2.45) is 0 Å². The standard InChI is InChI=1S/C10H13NO3/c1-7-5-8(3-4-9(7)11)14-6-10(12)13-2/h3-5H,6,11H2,1-2H3. The van der Waals surface area contributed by atoms with E-state index < -0.39 is 5.97 Å². The van der Waals surface area contributed by atoms with Crippen LogP contribution in [0, 0.1) is 6.92 Å². The van der Waals surface area contributed by atoms with Gasteiger partial charge in [-0.25, -0.2) is 4.79 Å². The van der Waals surface area contributed by atoms with Crippen molar-refractivity contribution in [1.29, 1.82) is 0 Å². The molecule has 76 valence electrons. The van der Waals surface area contributed by atoms with Gasteiger partial charge < -0.3 is 15.2 Å². The molecule has 0 saturated heterocycles. The van der Waals surface area contributed by atoms with Gasteiger partial charge in [-0.2, -0.15) is 0 Å². The minimum atomic E-state index is -0.403. The summed E-state index contributed by atoms with van der Waals surface area (Å²) >= 11 is 0. The van der Waals surface area contributed by atoms with E-state index in [1.165, 1.54) is 7.11 Å². The largest absolute Gasteiger partial charge is 0.482 e. The molecule has 0 aliphatic carbocycles. The lowest BCUT2D eigenvalue weighted by Crippen LogP contribution is -2.12. The van der Waals surface area contributed by atoms with Crippen LogP contribution >= 0.6 is 0 Å². The first-order valence-electron chi connectivity index (χ1n) is 4.19. The van der Waals surface area contributed by atoms with E-state index >= 15 is 0 Å². The second-order valence-electron chi connectivity index (χ2n) is 2.88. The predicted molar refractivity (Wildman–Crippen MR) is 53.1 cm³/mol. The maximum absolute atomic E-state index is 10.8. The molecule has 0 unspecified atom stereocenters. The molecule has 1 rings (SSSR count). The number of carbonyl (C=O) groups is 1. The molecule has 2 N–H and O–H groups in total. The molecule has 0 aromatic heterocycles. The van der Waals surface area contributed by atoms with Crippen molar-refractivity contribution in [1.82, 2.24) is 0 Å². The molecular formula is C10H13NO3. The summed E-state index contributed by atoms with van der Waals surface area (Å²) in [5.41, 5.74) is 7.25. The van der Waals surface area contributed by atoms with E-state index in [4.69, 9.17) is 10.5 Å². The highest BCUT2D eigenvalue weighted by Gasteiger charge is 2.02. The number of rotatable bonds is 3. The van der Waals surface area contributed by atoms with Crippen LogP contribution in [0.25, 0.3) is 0 Å². The second-order valence-corrected chi connectivity index (χ2v) is 2.88. The Labute approximate surface area is 82.6 Å². The molecule has 0 aliphatic rings. The van der Waals surface area contributed by atoms with Gasteiger partial charge in [-0.15, -0.1) is 0 Å². The van der Waals surface area contributed by atoms with E-state index in [1.807, 2.05) is 6.92 Å².